The van der Waals surface area contributed by atoms with Crippen LogP contribution in [0.2, 0.25) is 0 Å². The lowest BCUT2D eigenvalue weighted by atomic mass is 9.98. The number of likely N-dealkylation sites (N-methyl/N-ethyl adjacent to an activating group) is 1. The number of pyridine rings is 1. The number of hydrogen-bond acceptors (Lipinski definition) is 5. The highest BCUT2D eigenvalue weighted by Crippen LogP contribution is 2.40. The van der Waals surface area contributed by atoms with Crippen LogP contribution in [0.15, 0.2) is 10.6 Å². The maximum absolute atomic E-state index is 13.3. The van der Waals surface area contributed by atoms with Crippen molar-refractivity contribution in [1.82, 2.24) is 20.4 Å². The molecule has 4 rings (SSSR count). The van der Waals surface area contributed by atoms with E-state index in [1.807, 2.05) is 13.0 Å². The molecule has 0 spiro atoms. The summed E-state index contributed by atoms with van der Waals surface area (Å²) in [5, 5.41) is 7.33. The van der Waals surface area contributed by atoms with Crippen molar-refractivity contribution in [3.8, 4) is 0 Å². The van der Waals surface area contributed by atoms with Gasteiger partial charge in [-0.2, -0.15) is 0 Å². The standard InChI is InChI=1S/C18H22N4O3/c1-10-15-12(9-13(11-6-7-11)20-17(15)25-21-10)18(24)22-8-4-3-5-14(22)16(23)19-2/h9,11,14H,3-8H2,1-2H3,(H,19,23)/t14-/m0/s1. The molecule has 2 amide bonds. The average molecular weight is 342 g/mol. The Morgan fingerprint density at radius 1 is 1.28 bits per heavy atom. The van der Waals surface area contributed by atoms with E-state index in [1.54, 1.807) is 11.9 Å². The zero-order chi connectivity index (χ0) is 17.6. The summed E-state index contributed by atoms with van der Waals surface area (Å²) in [6, 6.07) is 1.46. The second-order valence-electron chi connectivity index (χ2n) is 6.94. The highest BCUT2D eigenvalue weighted by Gasteiger charge is 2.35. The van der Waals surface area contributed by atoms with Crippen molar-refractivity contribution in [2.45, 2.75) is 51.0 Å². The molecule has 0 bridgehead atoms. The molecule has 1 N–H and O–H groups in total. The average Bonchev–Trinajstić information content (AvgIpc) is 3.43. The quantitative estimate of drug-likeness (QED) is 0.923. The lowest BCUT2D eigenvalue weighted by Crippen LogP contribution is -2.51. The number of nitrogens with one attached hydrogen (secondary N) is 1. The van der Waals surface area contributed by atoms with Gasteiger partial charge >= 0.3 is 0 Å². The molecule has 0 unspecified atom stereocenters. The van der Waals surface area contributed by atoms with E-state index >= 15 is 0 Å². The van der Waals surface area contributed by atoms with Gasteiger partial charge in [0.25, 0.3) is 11.6 Å². The van der Waals surface area contributed by atoms with Gasteiger partial charge in [0.2, 0.25) is 5.91 Å². The third-order valence-electron chi connectivity index (χ3n) is 5.18. The molecule has 1 aliphatic carbocycles. The molecule has 2 aliphatic rings. The molecular weight excluding hydrogens is 320 g/mol. The minimum atomic E-state index is -0.418. The van der Waals surface area contributed by atoms with Gasteiger partial charge in [0, 0.05) is 25.2 Å². The van der Waals surface area contributed by atoms with Crippen molar-refractivity contribution < 1.29 is 14.1 Å². The van der Waals surface area contributed by atoms with E-state index in [9.17, 15) is 9.59 Å². The van der Waals surface area contributed by atoms with Crippen LogP contribution in [0.1, 0.15) is 59.8 Å². The van der Waals surface area contributed by atoms with Crippen LogP contribution < -0.4 is 5.32 Å². The van der Waals surface area contributed by atoms with E-state index in [-0.39, 0.29) is 11.8 Å². The Labute approximate surface area is 145 Å². The molecule has 0 radical (unpaired) electrons. The molecule has 7 nitrogen and oxygen atoms in total. The van der Waals surface area contributed by atoms with Gasteiger partial charge < -0.3 is 14.7 Å². The Bertz CT molecular complexity index is 840. The summed E-state index contributed by atoms with van der Waals surface area (Å²) < 4.78 is 5.33. The molecule has 2 fully saturated rings. The topological polar surface area (TPSA) is 88.3 Å². The summed E-state index contributed by atoms with van der Waals surface area (Å²) >= 11 is 0. The van der Waals surface area contributed by atoms with Crippen molar-refractivity contribution in [2.24, 2.45) is 0 Å². The predicted octanol–water partition coefficient (Wildman–Crippen LogP) is 2.15. The molecule has 1 saturated carbocycles. The minimum Gasteiger partial charge on any atom is -0.357 e. The molecule has 1 atom stereocenters. The number of nitrogens with zero attached hydrogens (tertiary/aromatic N) is 3. The Morgan fingerprint density at radius 2 is 2.08 bits per heavy atom. The fourth-order valence-corrected chi connectivity index (χ4v) is 3.64. The molecule has 1 aliphatic heterocycles. The van der Waals surface area contributed by atoms with Crippen LogP contribution in [0.4, 0.5) is 0 Å². The zero-order valence-corrected chi connectivity index (χ0v) is 14.5. The van der Waals surface area contributed by atoms with Crippen molar-refractivity contribution in [3.63, 3.8) is 0 Å². The molecule has 2 aromatic heterocycles. The van der Waals surface area contributed by atoms with E-state index in [0.29, 0.717) is 41.2 Å². The van der Waals surface area contributed by atoms with Crippen LogP contribution in [0.3, 0.4) is 0 Å². The third kappa shape index (κ3) is 2.77. The van der Waals surface area contributed by atoms with E-state index < -0.39 is 6.04 Å². The Morgan fingerprint density at radius 3 is 2.80 bits per heavy atom. The SMILES string of the molecule is CNC(=O)[C@@H]1CCCCN1C(=O)c1cc(C2CC2)nc2onc(C)c12. The third-order valence-corrected chi connectivity index (χ3v) is 5.18. The number of hydrogen-bond donors (Lipinski definition) is 1. The first-order chi connectivity index (χ1) is 12.1. The molecule has 3 heterocycles. The fourth-order valence-electron chi connectivity index (χ4n) is 3.64. The first-order valence-electron chi connectivity index (χ1n) is 8.89. The van der Waals surface area contributed by atoms with E-state index in [1.165, 1.54) is 0 Å². The van der Waals surface area contributed by atoms with Gasteiger partial charge in [-0.1, -0.05) is 5.16 Å². The second-order valence-corrected chi connectivity index (χ2v) is 6.94. The number of carbonyl (C=O) groups is 2. The van der Waals surface area contributed by atoms with Crippen LogP contribution in [0.5, 0.6) is 0 Å². The fraction of sp³-hybridized carbons (Fsp3) is 0.556. The number of aryl methyl sites for hydroxylation is 1. The summed E-state index contributed by atoms with van der Waals surface area (Å²) in [6.07, 6.45) is 4.73. The normalized spacial score (nSPS) is 20.7. The van der Waals surface area contributed by atoms with Gasteiger partial charge in [-0.05, 0) is 45.1 Å². The van der Waals surface area contributed by atoms with Crippen LogP contribution in [-0.4, -0.2) is 46.5 Å². The summed E-state index contributed by atoms with van der Waals surface area (Å²) in [7, 11) is 1.61. The Hall–Kier alpha value is -2.44. The number of rotatable bonds is 3. The summed E-state index contributed by atoms with van der Waals surface area (Å²) in [5.41, 5.74) is 2.52. The van der Waals surface area contributed by atoms with Gasteiger partial charge in [0.05, 0.1) is 16.6 Å². The van der Waals surface area contributed by atoms with Crippen molar-refractivity contribution in [3.05, 3.63) is 23.0 Å². The number of fused-ring (bicyclic) bond motifs is 1. The Balaban J connectivity index is 1.78. The molecule has 2 aromatic rings. The van der Waals surface area contributed by atoms with Gasteiger partial charge in [-0.3, -0.25) is 9.59 Å². The van der Waals surface area contributed by atoms with Crippen LogP contribution >= 0.6 is 0 Å². The first kappa shape index (κ1) is 16.1. The van der Waals surface area contributed by atoms with E-state index in [0.717, 1.165) is 31.4 Å². The van der Waals surface area contributed by atoms with E-state index in [2.05, 4.69) is 15.5 Å². The largest absolute Gasteiger partial charge is 0.357 e. The first-order valence-corrected chi connectivity index (χ1v) is 8.89. The van der Waals surface area contributed by atoms with Crippen LogP contribution in [0.25, 0.3) is 11.1 Å². The number of amides is 2. The summed E-state index contributed by atoms with van der Waals surface area (Å²) in [5.74, 6) is 0.161. The van der Waals surface area contributed by atoms with Crippen molar-refractivity contribution in [1.29, 1.82) is 0 Å². The van der Waals surface area contributed by atoms with Gasteiger partial charge in [0.15, 0.2) is 0 Å². The predicted molar refractivity (Wildman–Crippen MR) is 91.3 cm³/mol. The lowest BCUT2D eigenvalue weighted by Gasteiger charge is -2.34. The van der Waals surface area contributed by atoms with Gasteiger partial charge in [0.1, 0.15) is 6.04 Å². The monoisotopic (exact) mass is 342 g/mol. The van der Waals surface area contributed by atoms with E-state index in [4.69, 9.17) is 4.52 Å². The van der Waals surface area contributed by atoms with Crippen LogP contribution in [-0.2, 0) is 4.79 Å². The zero-order valence-electron chi connectivity index (χ0n) is 14.5. The molecule has 7 heteroatoms. The van der Waals surface area contributed by atoms with Crippen LogP contribution in [0, 0.1) is 6.92 Å². The van der Waals surface area contributed by atoms with Crippen molar-refractivity contribution in [2.75, 3.05) is 13.6 Å². The highest BCUT2D eigenvalue weighted by atomic mass is 16.5. The molecular formula is C18H22N4O3. The number of likely N-dealkylation sites (tertiary alicyclic amines) is 1. The minimum absolute atomic E-state index is 0.109. The maximum Gasteiger partial charge on any atom is 0.259 e. The number of aromatic nitrogens is 2. The van der Waals surface area contributed by atoms with Crippen molar-refractivity contribution >= 4 is 22.9 Å². The highest BCUT2D eigenvalue weighted by molar-refractivity contribution is 6.07. The molecule has 132 valence electrons. The lowest BCUT2D eigenvalue weighted by molar-refractivity contribution is -0.126. The summed E-state index contributed by atoms with van der Waals surface area (Å²) in [6.45, 7) is 2.40. The van der Waals surface area contributed by atoms with Gasteiger partial charge in [-0.25, -0.2) is 4.98 Å². The van der Waals surface area contributed by atoms with Gasteiger partial charge in [-0.15, -0.1) is 0 Å². The molecule has 1 saturated heterocycles. The number of carbonyl (C=O) groups excluding carboxylic acids is 2. The molecule has 0 aromatic carbocycles. The second kappa shape index (κ2) is 6.13. The molecule has 25 heavy (non-hydrogen) atoms. The smallest absolute Gasteiger partial charge is 0.259 e. The summed E-state index contributed by atoms with van der Waals surface area (Å²) in [4.78, 5) is 31.8. The Kier molecular flexibility index (Phi) is 3.94. The maximum atomic E-state index is 13.3. The number of piperidine rings is 1.